The van der Waals surface area contributed by atoms with Crippen molar-refractivity contribution in [3.8, 4) is 0 Å². The molecule has 3 nitrogen and oxygen atoms in total. The predicted octanol–water partition coefficient (Wildman–Crippen LogP) is 0.991. The van der Waals surface area contributed by atoms with Gasteiger partial charge in [-0.2, -0.15) is 0 Å². The third-order valence-electron chi connectivity index (χ3n) is 1.94. The summed E-state index contributed by atoms with van der Waals surface area (Å²) in [4.78, 5) is 6.40. The van der Waals surface area contributed by atoms with Crippen molar-refractivity contribution in [2.75, 3.05) is 18.0 Å². The molecular weight excluding hydrogens is 218 g/mol. The van der Waals surface area contributed by atoms with Gasteiger partial charge in [-0.1, -0.05) is 15.9 Å². The fourth-order valence-corrected chi connectivity index (χ4v) is 1.59. The molecule has 0 radical (unpaired) electrons. The minimum Gasteiger partial charge on any atom is -0.353 e. The van der Waals surface area contributed by atoms with E-state index in [4.69, 9.17) is 5.73 Å². The summed E-state index contributed by atoms with van der Waals surface area (Å²) < 4.78 is 1.06. The van der Waals surface area contributed by atoms with E-state index in [0.717, 1.165) is 23.4 Å². The van der Waals surface area contributed by atoms with Crippen LogP contribution in [0, 0.1) is 0 Å². The molecule has 0 bridgehead atoms. The summed E-state index contributed by atoms with van der Waals surface area (Å²) in [5.41, 5.74) is 5.66. The monoisotopic (exact) mass is 227 g/mol. The molecule has 1 aromatic rings. The number of anilines is 1. The zero-order valence-electron chi connectivity index (χ0n) is 6.57. The normalized spacial score (nSPS) is 17.7. The Morgan fingerprint density at radius 2 is 2.33 bits per heavy atom. The molecule has 0 unspecified atom stereocenters. The summed E-state index contributed by atoms with van der Waals surface area (Å²) in [5, 5.41) is 0. The number of pyridine rings is 1. The van der Waals surface area contributed by atoms with Crippen LogP contribution in [0.2, 0.25) is 0 Å². The van der Waals surface area contributed by atoms with Crippen LogP contribution < -0.4 is 10.6 Å². The van der Waals surface area contributed by atoms with Gasteiger partial charge in [0.15, 0.2) is 0 Å². The zero-order valence-corrected chi connectivity index (χ0v) is 8.16. The average molecular weight is 228 g/mol. The van der Waals surface area contributed by atoms with Gasteiger partial charge < -0.3 is 10.6 Å². The second kappa shape index (κ2) is 3.03. The molecule has 1 aliphatic heterocycles. The molecule has 2 rings (SSSR count). The summed E-state index contributed by atoms with van der Waals surface area (Å²) >= 11 is 3.40. The lowest BCUT2D eigenvalue weighted by Crippen LogP contribution is -2.56. The van der Waals surface area contributed by atoms with Gasteiger partial charge in [-0.3, -0.25) is 0 Å². The van der Waals surface area contributed by atoms with E-state index >= 15 is 0 Å². The number of rotatable bonds is 1. The van der Waals surface area contributed by atoms with Gasteiger partial charge in [-0.15, -0.1) is 0 Å². The van der Waals surface area contributed by atoms with E-state index in [2.05, 4.69) is 25.8 Å². The van der Waals surface area contributed by atoms with Crippen molar-refractivity contribution in [3.63, 3.8) is 0 Å². The largest absolute Gasteiger partial charge is 0.353 e. The van der Waals surface area contributed by atoms with Gasteiger partial charge in [-0.05, 0) is 12.1 Å². The SMILES string of the molecule is NC1CN(c2cc(Br)ccn2)C1. The topological polar surface area (TPSA) is 42.1 Å². The standard InChI is InChI=1S/C8H10BrN3/c9-6-1-2-11-8(3-6)12-4-7(10)5-12/h1-3,7H,4-5,10H2. The van der Waals surface area contributed by atoms with Crippen molar-refractivity contribution in [2.24, 2.45) is 5.73 Å². The van der Waals surface area contributed by atoms with Crippen LogP contribution in [0.15, 0.2) is 22.8 Å². The first-order chi connectivity index (χ1) is 5.75. The molecule has 0 aliphatic carbocycles. The van der Waals surface area contributed by atoms with Gasteiger partial charge in [0.05, 0.1) is 0 Å². The van der Waals surface area contributed by atoms with Crippen LogP contribution in [0.4, 0.5) is 5.82 Å². The average Bonchev–Trinajstić information content (AvgIpc) is 1.99. The number of halogens is 1. The molecule has 2 N–H and O–H groups in total. The molecule has 0 amide bonds. The lowest BCUT2D eigenvalue weighted by atomic mass is 10.1. The maximum absolute atomic E-state index is 5.66. The smallest absolute Gasteiger partial charge is 0.129 e. The van der Waals surface area contributed by atoms with Crippen LogP contribution in [0.25, 0.3) is 0 Å². The van der Waals surface area contributed by atoms with Crippen molar-refractivity contribution in [2.45, 2.75) is 6.04 Å². The molecule has 64 valence electrons. The summed E-state index contributed by atoms with van der Waals surface area (Å²) in [7, 11) is 0. The minimum atomic E-state index is 0.325. The quantitative estimate of drug-likeness (QED) is 0.779. The van der Waals surface area contributed by atoms with E-state index in [1.807, 2.05) is 12.1 Å². The Kier molecular flexibility index (Phi) is 2.02. The highest BCUT2D eigenvalue weighted by Gasteiger charge is 2.23. The van der Waals surface area contributed by atoms with Crippen LogP contribution in [-0.4, -0.2) is 24.1 Å². The lowest BCUT2D eigenvalue weighted by molar-refractivity contribution is 0.514. The van der Waals surface area contributed by atoms with Crippen molar-refractivity contribution in [3.05, 3.63) is 22.8 Å². The van der Waals surface area contributed by atoms with Crippen LogP contribution >= 0.6 is 15.9 Å². The fourth-order valence-electron chi connectivity index (χ4n) is 1.27. The Morgan fingerprint density at radius 1 is 1.58 bits per heavy atom. The molecular formula is C8H10BrN3. The van der Waals surface area contributed by atoms with E-state index in [1.165, 1.54) is 0 Å². The Hall–Kier alpha value is -0.610. The molecule has 2 heterocycles. The van der Waals surface area contributed by atoms with Gasteiger partial charge in [0, 0.05) is 29.8 Å². The maximum atomic E-state index is 5.66. The zero-order chi connectivity index (χ0) is 8.55. The number of nitrogens with two attached hydrogens (primary N) is 1. The predicted molar refractivity (Wildman–Crippen MR) is 52.1 cm³/mol. The number of nitrogens with zero attached hydrogens (tertiary/aromatic N) is 2. The number of hydrogen-bond donors (Lipinski definition) is 1. The summed E-state index contributed by atoms with van der Waals surface area (Å²) in [6.45, 7) is 1.84. The van der Waals surface area contributed by atoms with Crippen LogP contribution in [0.3, 0.4) is 0 Å². The van der Waals surface area contributed by atoms with E-state index < -0.39 is 0 Å². The second-order valence-corrected chi connectivity index (χ2v) is 3.91. The molecule has 12 heavy (non-hydrogen) atoms. The third-order valence-corrected chi connectivity index (χ3v) is 2.43. The Bertz CT molecular complexity index is 283. The van der Waals surface area contributed by atoms with E-state index in [9.17, 15) is 0 Å². The lowest BCUT2D eigenvalue weighted by Gasteiger charge is -2.37. The number of aromatic nitrogens is 1. The maximum Gasteiger partial charge on any atom is 0.129 e. The molecule has 0 saturated carbocycles. The van der Waals surface area contributed by atoms with Crippen LogP contribution in [-0.2, 0) is 0 Å². The molecule has 4 heteroatoms. The van der Waals surface area contributed by atoms with E-state index in [0.29, 0.717) is 6.04 Å². The molecule has 0 atom stereocenters. The third kappa shape index (κ3) is 1.44. The van der Waals surface area contributed by atoms with E-state index in [-0.39, 0.29) is 0 Å². The minimum absolute atomic E-state index is 0.325. The molecule has 0 aromatic carbocycles. The Labute approximate surface area is 79.7 Å². The van der Waals surface area contributed by atoms with Crippen molar-refractivity contribution in [1.82, 2.24) is 4.98 Å². The van der Waals surface area contributed by atoms with Gasteiger partial charge >= 0.3 is 0 Å². The highest BCUT2D eigenvalue weighted by molar-refractivity contribution is 9.10. The highest BCUT2D eigenvalue weighted by atomic mass is 79.9. The first-order valence-corrected chi connectivity index (χ1v) is 4.67. The summed E-state index contributed by atoms with van der Waals surface area (Å²) in [6.07, 6.45) is 1.79. The van der Waals surface area contributed by atoms with Crippen molar-refractivity contribution in [1.29, 1.82) is 0 Å². The van der Waals surface area contributed by atoms with Gasteiger partial charge in [0.1, 0.15) is 5.82 Å². The highest BCUT2D eigenvalue weighted by Crippen LogP contribution is 2.20. The van der Waals surface area contributed by atoms with Gasteiger partial charge in [0.25, 0.3) is 0 Å². The Morgan fingerprint density at radius 3 is 2.92 bits per heavy atom. The Balaban J connectivity index is 2.13. The number of hydrogen-bond acceptors (Lipinski definition) is 3. The van der Waals surface area contributed by atoms with E-state index in [1.54, 1.807) is 6.20 Å². The molecule has 1 aliphatic rings. The summed E-state index contributed by atoms with van der Waals surface area (Å²) in [6, 6.07) is 4.25. The first-order valence-electron chi connectivity index (χ1n) is 3.88. The first kappa shape index (κ1) is 8.01. The summed E-state index contributed by atoms with van der Waals surface area (Å²) in [5.74, 6) is 1.01. The van der Waals surface area contributed by atoms with Crippen molar-refractivity contribution >= 4 is 21.7 Å². The molecule has 0 spiro atoms. The molecule has 1 fully saturated rings. The van der Waals surface area contributed by atoms with Crippen LogP contribution in [0.1, 0.15) is 0 Å². The van der Waals surface area contributed by atoms with Crippen LogP contribution in [0.5, 0.6) is 0 Å². The molecule has 1 saturated heterocycles. The van der Waals surface area contributed by atoms with Gasteiger partial charge in [-0.25, -0.2) is 4.98 Å². The van der Waals surface area contributed by atoms with Gasteiger partial charge in [0.2, 0.25) is 0 Å². The van der Waals surface area contributed by atoms with Crippen molar-refractivity contribution < 1.29 is 0 Å². The fraction of sp³-hybridized carbons (Fsp3) is 0.375. The second-order valence-electron chi connectivity index (χ2n) is 3.00. The molecule has 1 aromatic heterocycles.